The Balaban J connectivity index is 1.83. The van der Waals surface area contributed by atoms with Crippen molar-refractivity contribution in [3.05, 3.63) is 69.0 Å². The molecule has 0 saturated carbocycles. The fourth-order valence-corrected chi connectivity index (χ4v) is 2.70. The summed E-state index contributed by atoms with van der Waals surface area (Å²) in [7, 11) is 0. The standard InChI is InChI=1S/C19H18N2O4/c1-11-4-5-15(21(23)24)9-17(11)20-19(22)8-14-10-25-18-7-13(3)12(2)6-16(14)18/h4-7,9-10H,8H2,1-3H3,(H,20,22). The molecule has 1 N–H and O–H groups in total. The minimum absolute atomic E-state index is 0.0549. The summed E-state index contributed by atoms with van der Waals surface area (Å²) >= 11 is 0. The Hall–Kier alpha value is -3.15. The van der Waals surface area contributed by atoms with Crippen molar-refractivity contribution < 1.29 is 14.1 Å². The van der Waals surface area contributed by atoms with Crippen molar-refractivity contribution in [3.8, 4) is 0 Å². The van der Waals surface area contributed by atoms with Gasteiger partial charge in [-0.3, -0.25) is 14.9 Å². The quantitative estimate of drug-likeness (QED) is 0.562. The Labute approximate surface area is 144 Å². The molecule has 0 spiro atoms. The molecule has 0 aliphatic rings. The lowest BCUT2D eigenvalue weighted by atomic mass is 10.0. The summed E-state index contributed by atoms with van der Waals surface area (Å²) in [5.74, 6) is -0.246. The maximum absolute atomic E-state index is 12.4. The van der Waals surface area contributed by atoms with Gasteiger partial charge in [-0.2, -0.15) is 0 Å². The number of fused-ring (bicyclic) bond motifs is 1. The molecule has 0 fully saturated rings. The molecular formula is C19H18N2O4. The molecule has 25 heavy (non-hydrogen) atoms. The van der Waals surface area contributed by atoms with Gasteiger partial charge in [0.05, 0.1) is 23.3 Å². The van der Waals surface area contributed by atoms with Gasteiger partial charge < -0.3 is 9.73 Å². The van der Waals surface area contributed by atoms with E-state index < -0.39 is 4.92 Å². The maximum Gasteiger partial charge on any atom is 0.271 e. The summed E-state index contributed by atoms with van der Waals surface area (Å²) < 4.78 is 5.54. The number of rotatable bonds is 4. The molecule has 0 atom stereocenters. The van der Waals surface area contributed by atoms with Gasteiger partial charge in [-0.15, -0.1) is 0 Å². The molecule has 3 rings (SSSR count). The van der Waals surface area contributed by atoms with Gasteiger partial charge in [-0.25, -0.2) is 0 Å². The number of carbonyl (C=O) groups excluding carboxylic acids is 1. The smallest absolute Gasteiger partial charge is 0.271 e. The topological polar surface area (TPSA) is 85.4 Å². The third-order valence-corrected chi connectivity index (χ3v) is 4.33. The molecule has 0 aliphatic carbocycles. The summed E-state index contributed by atoms with van der Waals surface area (Å²) in [5, 5.41) is 14.6. The van der Waals surface area contributed by atoms with Crippen molar-refractivity contribution in [3.63, 3.8) is 0 Å². The third-order valence-electron chi connectivity index (χ3n) is 4.33. The van der Waals surface area contributed by atoms with Crippen molar-refractivity contribution in [2.75, 3.05) is 5.32 Å². The molecule has 1 aromatic heterocycles. The average Bonchev–Trinajstić information content (AvgIpc) is 2.91. The predicted octanol–water partition coefficient (Wildman–Crippen LogP) is 4.45. The number of aryl methyl sites for hydroxylation is 3. The summed E-state index contributed by atoms with van der Waals surface area (Å²) in [5.41, 5.74) is 4.95. The van der Waals surface area contributed by atoms with Gasteiger partial charge in [0, 0.05) is 23.1 Å². The van der Waals surface area contributed by atoms with E-state index in [4.69, 9.17) is 4.42 Å². The van der Waals surface area contributed by atoms with Gasteiger partial charge in [-0.05, 0) is 49.6 Å². The number of anilines is 1. The number of nitrogens with one attached hydrogen (secondary N) is 1. The normalized spacial score (nSPS) is 10.8. The van der Waals surface area contributed by atoms with E-state index in [-0.39, 0.29) is 18.0 Å². The first-order valence-corrected chi connectivity index (χ1v) is 7.87. The largest absolute Gasteiger partial charge is 0.464 e. The Kier molecular flexibility index (Phi) is 4.27. The van der Waals surface area contributed by atoms with Crippen molar-refractivity contribution in [2.24, 2.45) is 0 Å². The van der Waals surface area contributed by atoms with E-state index in [1.54, 1.807) is 19.3 Å². The van der Waals surface area contributed by atoms with Crippen molar-refractivity contribution in [2.45, 2.75) is 27.2 Å². The Morgan fingerprint density at radius 3 is 2.56 bits per heavy atom. The van der Waals surface area contributed by atoms with Crippen LogP contribution in [0.2, 0.25) is 0 Å². The number of hydrogen-bond acceptors (Lipinski definition) is 4. The lowest BCUT2D eigenvalue weighted by Crippen LogP contribution is -2.15. The number of nitro groups is 1. The monoisotopic (exact) mass is 338 g/mol. The first-order valence-electron chi connectivity index (χ1n) is 7.87. The summed E-state index contributed by atoms with van der Waals surface area (Å²) in [4.78, 5) is 22.8. The average molecular weight is 338 g/mol. The van der Waals surface area contributed by atoms with Crippen molar-refractivity contribution in [1.29, 1.82) is 0 Å². The molecule has 6 heteroatoms. The number of nitrogens with zero attached hydrogens (tertiary/aromatic N) is 1. The first kappa shape index (κ1) is 16.7. The molecular weight excluding hydrogens is 320 g/mol. The molecule has 3 aromatic rings. The number of hydrogen-bond donors (Lipinski definition) is 1. The second-order valence-corrected chi connectivity index (χ2v) is 6.17. The van der Waals surface area contributed by atoms with E-state index >= 15 is 0 Å². The zero-order chi connectivity index (χ0) is 18.1. The van der Waals surface area contributed by atoms with E-state index in [0.29, 0.717) is 5.69 Å². The summed E-state index contributed by atoms with van der Waals surface area (Å²) in [6.07, 6.45) is 1.72. The van der Waals surface area contributed by atoms with E-state index in [1.165, 1.54) is 12.1 Å². The molecule has 0 radical (unpaired) electrons. The Morgan fingerprint density at radius 2 is 1.84 bits per heavy atom. The number of carbonyl (C=O) groups is 1. The van der Waals surface area contributed by atoms with Crippen LogP contribution in [0.3, 0.4) is 0 Å². The van der Waals surface area contributed by atoms with Crippen LogP contribution in [-0.2, 0) is 11.2 Å². The van der Waals surface area contributed by atoms with Crippen LogP contribution in [0, 0.1) is 30.9 Å². The number of amides is 1. The highest BCUT2D eigenvalue weighted by Gasteiger charge is 2.14. The van der Waals surface area contributed by atoms with Crippen LogP contribution in [0.15, 0.2) is 41.0 Å². The highest BCUT2D eigenvalue weighted by atomic mass is 16.6. The molecule has 6 nitrogen and oxygen atoms in total. The van der Waals surface area contributed by atoms with Crippen LogP contribution in [0.1, 0.15) is 22.3 Å². The van der Waals surface area contributed by atoms with Crippen LogP contribution >= 0.6 is 0 Å². The van der Waals surface area contributed by atoms with Gasteiger partial charge >= 0.3 is 0 Å². The number of non-ortho nitro benzene ring substituents is 1. The van der Waals surface area contributed by atoms with Crippen LogP contribution < -0.4 is 5.32 Å². The van der Waals surface area contributed by atoms with Crippen molar-refractivity contribution in [1.82, 2.24) is 0 Å². The Morgan fingerprint density at radius 1 is 1.12 bits per heavy atom. The molecule has 2 aromatic carbocycles. The molecule has 128 valence electrons. The zero-order valence-corrected chi connectivity index (χ0v) is 14.3. The van der Waals surface area contributed by atoms with Crippen LogP contribution in [0.25, 0.3) is 11.0 Å². The number of furan rings is 1. The Bertz CT molecular complexity index is 988. The van der Waals surface area contributed by atoms with E-state index in [9.17, 15) is 14.9 Å². The van der Waals surface area contributed by atoms with Crippen LogP contribution in [0.4, 0.5) is 11.4 Å². The zero-order valence-electron chi connectivity index (χ0n) is 14.3. The lowest BCUT2D eigenvalue weighted by molar-refractivity contribution is -0.384. The molecule has 0 saturated heterocycles. The van der Waals surface area contributed by atoms with Gasteiger partial charge in [0.25, 0.3) is 5.69 Å². The second-order valence-electron chi connectivity index (χ2n) is 6.17. The third kappa shape index (κ3) is 3.38. The predicted molar refractivity (Wildman–Crippen MR) is 95.9 cm³/mol. The van der Waals surface area contributed by atoms with Crippen LogP contribution in [-0.4, -0.2) is 10.8 Å². The van der Waals surface area contributed by atoms with Gasteiger partial charge in [-0.1, -0.05) is 6.07 Å². The summed E-state index contributed by atoms with van der Waals surface area (Å²) in [6.45, 7) is 5.81. The van der Waals surface area contributed by atoms with Crippen molar-refractivity contribution >= 4 is 28.3 Å². The minimum Gasteiger partial charge on any atom is -0.464 e. The van der Waals surface area contributed by atoms with E-state index in [0.717, 1.165) is 33.2 Å². The molecule has 1 heterocycles. The van der Waals surface area contributed by atoms with Crippen LogP contribution in [0.5, 0.6) is 0 Å². The lowest BCUT2D eigenvalue weighted by Gasteiger charge is -2.08. The fraction of sp³-hybridized carbons (Fsp3) is 0.211. The number of nitro benzene ring substituents is 1. The molecule has 0 unspecified atom stereocenters. The van der Waals surface area contributed by atoms with E-state index in [2.05, 4.69) is 5.32 Å². The SMILES string of the molecule is Cc1cc2occ(CC(=O)Nc3cc([N+](=O)[O-])ccc3C)c2cc1C. The highest BCUT2D eigenvalue weighted by Crippen LogP contribution is 2.26. The van der Waals surface area contributed by atoms with Gasteiger partial charge in [0.1, 0.15) is 5.58 Å². The fourth-order valence-electron chi connectivity index (χ4n) is 2.70. The molecule has 0 aliphatic heterocycles. The van der Waals surface area contributed by atoms with E-state index in [1.807, 2.05) is 26.0 Å². The van der Waals surface area contributed by atoms with Gasteiger partial charge in [0.15, 0.2) is 0 Å². The second kappa shape index (κ2) is 6.39. The number of benzene rings is 2. The minimum atomic E-state index is -0.482. The molecule has 0 bridgehead atoms. The maximum atomic E-state index is 12.4. The van der Waals surface area contributed by atoms with Gasteiger partial charge in [0.2, 0.25) is 5.91 Å². The summed E-state index contributed by atoms with van der Waals surface area (Å²) in [6, 6.07) is 8.37. The molecule has 1 amide bonds. The highest BCUT2D eigenvalue weighted by molar-refractivity contribution is 5.96. The first-order chi connectivity index (χ1) is 11.8.